The molecule has 1 amide bonds. The van der Waals surface area contributed by atoms with Crippen LogP contribution in [0.15, 0.2) is 24.3 Å². The van der Waals surface area contributed by atoms with Crippen molar-refractivity contribution in [2.45, 2.75) is 38.8 Å². The van der Waals surface area contributed by atoms with Gasteiger partial charge in [-0.3, -0.25) is 4.79 Å². The number of aliphatic carboxylic acids is 1. The van der Waals surface area contributed by atoms with Gasteiger partial charge in [-0.15, -0.1) is 0 Å². The lowest BCUT2D eigenvalue weighted by Gasteiger charge is -2.23. The van der Waals surface area contributed by atoms with Crippen LogP contribution in [0.25, 0.3) is 0 Å². The number of carboxylic acid groups (broad SMARTS) is 1. The zero-order chi connectivity index (χ0) is 16.0. The van der Waals surface area contributed by atoms with Gasteiger partial charge in [0, 0.05) is 0 Å². The van der Waals surface area contributed by atoms with E-state index in [-0.39, 0.29) is 6.42 Å². The summed E-state index contributed by atoms with van der Waals surface area (Å²) < 4.78 is 5.12. The maximum absolute atomic E-state index is 11.8. The highest BCUT2D eigenvalue weighted by molar-refractivity contribution is 5.72. The molecule has 0 aliphatic heterocycles. The lowest BCUT2D eigenvalue weighted by molar-refractivity contribution is -0.137. The summed E-state index contributed by atoms with van der Waals surface area (Å²) >= 11 is 0. The summed E-state index contributed by atoms with van der Waals surface area (Å²) in [4.78, 5) is 22.8. The van der Waals surface area contributed by atoms with E-state index in [1.54, 1.807) is 45.0 Å². The summed E-state index contributed by atoms with van der Waals surface area (Å²) in [7, 11) is 0. The molecule has 112 valence electrons. The van der Waals surface area contributed by atoms with Crippen molar-refractivity contribution in [3.8, 4) is 6.07 Å². The highest BCUT2D eigenvalue weighted by Gasteiger charge is 2.24. The maximum Gasteiger partial charge on any atom is 0.408 e. The third-order valence-electron chi connectivity index (χ3n) is 2.53. The Kier molecular flexibility index (Phi) is 5.30. The lowest BCUT2D eigenvalue weighted by atomic mass is 9.99. The van der Waals surface area contributed by atoms with Gasteiger partial charge < -0.3 is 15.2 Å². The van der Waals surface area contributed by atoms with E-state index in [4.69, 9.17) is 15.1 Å². The fourth-order valence-corrected chi connectivity index (χ4v) is 1.77. The van der Waals surface area contributed by atoms with Crippen LogP contribution in [0, 0.1) is 11.3 Å². The topological polar surface area (TPSA) is 99.4 Å². The highest BCUT2D eigenvalue weighted by Crippen LogP contribution is 2.21. The molecule has 6 nitrogen and oxygen atoms in total. The SMILES string of the molecule is CC(C)(C)OC(=O)N[C@H](CC(=O)O)c1ccccc1C#N. The first kappa shape index (κ1) is 16.5. The Morgan fingerprint density at radius 1 is 1.38 bits per heavy atom. The predicted octanol–water partition coefficient (Wildman–Crippen LogP) is 2.60. The van der Waals surface area contributed by atoms with Crippen LogP contribution in [0.2, 0.25) is 0 Å². The highest BCUT2D eigenvalue weighted by atomic mass is 16.6. The van der Waals surface area contributed by atoms with Crippen LogP contribution < -0.4 is 5.32 Å². The average Bonchev–Trinajstić information content (AvgIpc) is 2.35. The smallest absolute Gasteiger partial charge is 0.408 e. The average molecular weight is 290 g/mol. The number of nitriles is 1. The number of carbonyl (C=O) groups excluding carboxylic acids is 1. The van der Waals surface area contributed by atoms with Gasteiger partial charge in [0.2, 0.25) is 0 Å². The van der Waals surface area contributed by atoms with E-state index in [0.29, 0.717) is 11.1 Å². The number of ether oxygens (including phenoxy) is 1. The second-order valence-corrected chi connectivity index (χ2v) is 5.50. The maximum atomic E-state index is 11.8. The van der Waals surface area contributed by atoms with Gasteiger partial charge in [0.25, 0.3) is 0 Å². The number of benzene rings is 1. The van der Waals surface area contributed by atoms with Crippen LogP contribution in [0.3, 0.4) is 0 Å². The number of alkyl carbamates (subject to hydrolysis) is 1. The van der Waals surface area contributed by atoms with Crippen LogP contribution in [0.5, 0.6) is 0 Å². The molecule has 0 aliphatic rings. The zero-order valence-electron chi connectivity index (χ0n) is 12.2. The molecule has 0 radical (unpaired) electrons. The summed E-state index contributed by atoms with van der Waals surface area (Å²) in [6, 6.07) is 7.70. The van der Waals surface area contributed by atoms with Gasteiger partial charge in [-0.05, 0) is 32.4 Å². The molecule has 21 heavy (non-hydrogen) atoms. The van der Waals surface area contributed by atoms with Crippen molar-refractivity contribution in [2.75, 3.05) is 0 Å². The Morgan fingerprint density at radius 3 is 2.52 bits per heavy atom. The molecule has 1 atom stereocenters. The van der Waals surface area contributed by atoms with E-state index in [1.807, 2.05) is 6.07 Å². The number of hydrogen-bond donors (Lipinski definition) is 2. The summed E-state index contributed by atoms with van der Waals surface area (Å²) in [5, 5.41) is 20.6. The van der Waals surface area contributed by atoms with Crippen molar-refractivity contribution >= 4 is 12.1 Å². The fraction of sp³-hybridized carbons (Fsp3) is 0.400. The molecule has 1 aromatic rings. The molecule has 6 heteroatoms. The van der Waals surface area contributed by atoms with Crippen molar-refractivity contribution in [3.05, 3.63) is 35.4 Å². The first-order valence-electron chi connectivity index (χ1n) is 6.43. The van der Waals surface area contributed by atoms with Crippen molar-refractivity contribution < 1.29 is 19.4 Å². The van der Waals surface area contributed by atoms with Crippen LogP contribution in [0.1, 0.15) is 44.4 Å². The second-order valence-electron chi connectivity index (χ2n) is 5.50. The monoisotopic (exact) mass is 290 g/mol. The number of hydrogen-bond acceptors (Lipinski definition) is 4. The molecular formula is C15H18N2O4. The largest absolute Gasteiger partial charge is 0.481 e. The van der Waals surface area contributed by atoms with Crippen molar-refractivity contribution in [1.82, 2.24) is 5.32 Å². The van der Waals surface area contributed by atoms with Gasteiger partial charge in [0.15, 0.2) is 0 Å². The molecule has 0 saturated heterocycles. The first-order chi connectivity index (χ1) is 9.73. The molecule has 1 rings (SSSR count). The van der Waals surface area contributed by atoms with Crippen molar-refractivity contribution in [2.24, 2.45) is 0 Å². The molecule has 0 aromatic heterocycles. The molecule has 0 heterocycles. The molecule has 0 saturated carbocycles. The molecule has 0 fully saturated rings. The number of amides is 1. The Morgan fingerprint density at radius 2 is 2.00 bits per heavy atom. The number of carboxylic acids is 1. The van der Waals surface area contributed by atoms with Crippen LogP contribution in [0.4, 0.5) is 4.79 Å². The summed E-state index contributed by atoms with van der Waals surface area (Å²) in [5.74, 6) is -1.08. The molecule has 0 spiro atoms. The Hall–Kier alpha value is -2.55. The summed E-state index contributed by atoms with van der Waals surface area (Å²) in [6.45, 7) is 5.13. The standard InChI is InChI=1S/C15H18N2O4/c1-15(2,3)21-14(20)17-12(8-13(18)19)11-7-5-4-6-10(11)9-16/h4-7,12H,8H2,1-3H3,(H,17,20)(H,18,19)/t12-/m1/s1. The minimum Gasteiger partial charge on any atom is -0.481 e. The van der Waals surface area contributed by atoms with E-state index in [1.165, 1.54) is 0 Å². The van der Waals surface area contributed by atoms with Gasteiger partial charge in [0.05, 0.1) is 24.1 Å². The van der Waals surface area contributed by atoms with E-state index in [0.717, 1.165) is 0 Å². The van der Waals surface area contributed by atoms with E-state index < -0.39 is 23.7 Å². The minimum atomic E-state index is -1.08. The molecule has 0 unspecified atom stereocenters. The van der Waals surface area contributed by atoms with Crippen molar-refractivity contribution in [1.29, 1.82) is 5.26 Å². The quantitative estimate of drug-likeness (QED) is 0.887. The molecule has 0 bridgehead atoms. The molecule has 1 aromatic carbocycles. The molecule has 0 aliphatic carbocycles. The normalized spacial score (nSPS) is 12.1. The fourth-order valence-electron chi connectivity index (χ4n) is 1.77. The molecular weight excluding hydrogens is 272 g/mol. The van der Waals surface area contributed by atoms with Gasteiger partial charge in [0.1, 0.15) is 5.60 Å². The minimum absolute atomic E-state index is 0.319. The Labute approximate surface area is 123 Å². The third-order valence-corrected chi connectivity index (χ3v) is 2.53. The van der Waals surface area contributed by atoms with Gasteiger partial charge >= 0.3 is 12.1 Å². The second kappa shape index (κ2) is 6.75. The predicted molar refractivity (Wildman–Crippen MR) is 75.5 cm³/mol. The van der Waals surface area contributed by atoms with Crippen LogP contribution in [-0.4, -0.2) is 22.8 Å². The number of carbonyl (C=O) groups is 2. The van der Waals surface area contributed by atoms with E-state index >= 15 is 0 Å². The summed E-state index contributed by atoms with van der Waals surface area (Å²) in [6.07, 6.45) is -1.06. The van der Waals surface area contributed by atoms with Gasteiger partial charge in [-0.2, -0.15) is 5.26 Å². The first-order valence-corrected chi connectivity index (χ1v) is 6.43. The Bertz CT molecular complexity index is 570. The van der Waals surface area contributed by atoms with Gasteiger partial charge in [-0.1, -0.05) is 18.2 Å². The zero-order valence-corrected chi connectivity index (χ0v) is 12.2. The van der Waals surface area contributed by atoms with Crippen molar-refractivity contribution in [3.63, 3.8) is 0 Å². The Balaban J connectivity index is 2.99. The number of nitrogens with one attached hydrogen (secondary N) is 1. The van der Waals surface area contributed by atoms with Crippen LogP contribution >= 0.6 is 0 Å². The van der Waals surface area contributed by atoms with E-state index in [9.17, 15) is 9.59 Å². The number of rotatable bonds is 4. The lowest BCUT2D eigenvalue weighted by Crippen LogP contribution is -2.36. The van der Waals surface area contributed by atoms with Gasteiger partial charge in [-0.25, -0.2) is 4.79 Å². The van der Waals surface area contributed by atoms with Crippen LogP contribution in [-0.2, 0) is 9.53 Å². The summed E-state index contributed by atoms with van der Waals surface area (Å²) in [5.41, 5.74) is 0.0835. The third kappa shape index (κ3) is 5.53. The number of nitrogens with zero attached hydrogens (tertiary/aromatic N) is 1. The molecule has 2 N–H and O–H groups in total. The van der Waals surface area contributed by atoms with E-state index in [2.05, 4.69) is 5.32 Å².